The summed E-state index contributed by atoms with van der Waals surface area (Å²) in [4.78, 5) is 35.1. The van der Waals surface area contributed by atoms with Gasteiger partial charge in [0.1, 0.15) is 12.7 Å². The van der Waals surface area contributed by atoms with Crippen molar-refractivity contribution < 1.29 is 58.0 Å². The van der Waals surface area contributed by atoms with E-state index in [4.69, 9.17) is 19.1 Å². The third-order valence-corrected chi connectivity index (χ3v) is 11.4. The van der Waals surface area contributed by atoms with Crippen LogP contribution in [0.3, 0.4) is 0 Å². The Hall–Kier alpha value is -2.67. The fourth-order valence-electron chi connectivity index (χ4n) is 6.62. The predicted octanol–water partition coefficient (Wildman–Crippen LogP) is 11.8. The number of phosphoric ester groups is 1. The lowest BCUT2D eigenvalue weighted by Crippen LogP contribution is -2.29. The molecule has 5 atom stereocenters. The number of esters is 2. The van der Waals surface area contributed by atoms with Gasteiger partial charge in [0.25, 0.3) is 0 Å². The number of aliphatic hydroxyl groups is 4. The van der Waals surface area contributed by atoms with Crippen molar-refractivity contribution in [3.8, 4) is 0 Å². The Morgan fingerprint density at radius 2 is 1.05 bits per heavy atom. The number of allylic oxidation sites excluding steroid dienone is 8. The van der Waals surface area contributed by atoms with E-state index in [0.29, 0.717) is 32.1 Å². The van der Waals surface area contributed by atoms with Gasteiger partial charge in [0.05, 0.1) is 32.0 Å². The molecule has 0 heterocycles. The molecule has 12 nitrogen and oxygen atoms in total. The Morgan fingerprint density at radius 3 is 1.55 bits per heavy atom. The van der Waals surface area contributed by atoms with E-state index in [1.807, 2.05) is 43.4 Å². The summed E-state index contributed by atoms with van der Waals surface area (Å²) in [6.45, 7) is 4.35. The second-order valence-corrected chi connectivity index (χ2v) is 18.8. The number of hydrogen-bond acceptors (Lipinski definition) is 11. The number of phosphoric acid groups is 1. The van der Waals surface area contributed by atoms with E-state index in [0.717, 1.165) is 31.6 Å². The first-order valence-corrected chi connectivity index (χ1v) is 26.5. The Bertz CT molecular complexity index is 1360. The molecule has 0 saturated carbocycles. The molecule has 65 heavy (non-hydrogen) atoms. The van der Waals surface area contributed by atoms with Crippen LogP contribution in [-0.4, -0.2) is 88.1 Å². The molecule has 0 aliphatic heterocycles. The molecule has 0 aliphatic rings. The summed E-state index contributed by atoms with van der Waals surface area (Å²) in [7, 11) is -4.67. The van der Waals surface area contributed by atoms with Crippen molar-refractivity contribution in [1.29, 1.82) is 0 Å². The molecule has 376 valence electrons. The van der Waals surface area contributed by atoms with Crippen molar-refractivity contribution in [2.75, 3.05) is 26.4 Å². The highest BCUT2D eigenvalue weighted by atomic mass is 31.2. The summed E-state index contributed by atoms with van der Waals surface area (Å²) in [6.07, 6.45) is 45.2. The van der Waals surface area contributed by atoms with Gasteiger partial charge in [-0.15, -0.1) is 0 Å². The normalized spacial score (nSPS) is 15.3. The van der Waals surface area contributed by atoms with Crippen molar-refractivity contribution in [2.45, 2.75) is 212 Å². The highest BCUT2D eigenvalue weighted by Gasteiger charge is 2.27. The quantitative estimate of drug-likeness (QED) is 0.0128. The van der Waals surface area contributed by atoms with Crippen LogP contribution in [0.1, 0.15) is 188 Å². The maximum atomic E-state index is 12.6. The van der Waals surface area contributed by atoms with Gasteiger partial charge in [-0.2, -0.15) is 0 Å². The van der Waals surface area contributed by atoms with Crippen LogP contribution >= 0.6 is 7.82 Å². The van der Waals surface area contributed by atoms with E-state index in [1.54, 1.807) is 36.5 Å². The lowest BCUT2D eigenvalue weighted by molar-refractivity contribution is -0.161. The van der Waals surface area contributed by atoms with Gasteiger partial charge in [0.15, 0.2) is 6.10 Å². The third-order valence-electron chi connectivity index (χ3n) is 10.5. The van der Waals surface area contributed by atoms with Crippen molar-refractivity contribution >= 4 is 19.8 Å². The summed E-state index contributed by atoms with van der Waals surface area (Å²) < 4.78 is 32.7. The maximum Gasteiger partial charge on any atom is 0.472 e. The standard InChI is InChI=1S/C52H91O12P/c1-4-5-28-36-47(54)38-31-26-27-32-39-48(55)37-30-23-20-21-25-34-41-52(58)64-50(45-63-65(59,60)62-43-49(56)42-53)44-61-51(57)40-33-24-19-17-15-13-11-9-7-6-8-10-12-14-16-18-22-29-35-46(2)3/h5,21,23,25-28,30-32,38-39,46-50,53-56H,4,6-20,22,24,29,33-37,40-45H2,1-3H3,(H,59,60)/b25-21-,27-26-,28-5-,30-23-,38-31+,39-32+/t47-,48+,49-,50+/m0/s1. The SMILES string of the molecule is CC/C=C\C[C@H](O)/C=C/C=C\C=C\[C@H](O)C/C=C\C/C=C\CCC(=O)O[C@H](COC(=O)CCCCCCCCCCCCCCCCCCCCC(C)C)COP(=O)(O)OC[C@@H](O)CO. The minimum absolute atomic E-state index is 0.000730. The molecule has 13 heteroatoms. The number of unbranched alkanes of at least 4 members (excludes halogenated alkanes) is 17. The number of ether oxygens (including phenoxy) is 2. The fraction of sp³-hybridized carbons (Fsp3) is 0.731. The molecule has 5 N–H and O–H groups in total. The van der Waals surface area contributed by atoms with Crippen molar-refractivity contribution in [3.05, 3.63) is 72.9 Å². The first-order valence-electron chi connectivity index (χ1n) is 25.0. The molecule has 0 saturated heterocycles. The van der Waals surface area contributed by atoms with Crippen molar-refractivity contribution in [3.63, 3.8) is 0 Å². The second kappa shape index (κ2) is 45.1. The Balaban J connectivity index is 4.40. The molecule has 0 aromatic carbocycles. The topological polar surface area (TPSA) is 189 Å². The van der Waals surface area contributed by atoms with Crippen molar-refractivity contribution in [1.82, 2.24) is 0 Å². The van der Waals surface area contributed by atoms with Crippen LogP contribution in [0.15, 0.2) is 72.9 Å². The van der Waals surface area contributed by atoms with E-state index in [9.17, 15) is 34.4 Å². The van der Waals surface area contributed by atoms with Crippen LogP contribution < -0.4 is 0 Å². The zero-order chi connectivity index (χ0) is 48.1. The monoisotopic (exact) mass is 939 g/mol. The van der Waals surface area contributed by atoms with E-state index >= 15 is 0 Å². The number of rotatable bonds is 45. The molecular formula is C52H91O12P. The van der Waals surface area contributed by atoms with E-state index in [2.05, 4.69) is 18.4 Å². The van der Waals surface area contributed by atoms with Gasteiger partial charge >= 0.3 is 19.8 Å². The molecule has 0 fully saturated rings. The Labute approximate surface area is 394 Å². The van der Waals surface area contributed by atoms with Gasteiger partial charge in [-0.3, -0.25) is 18.6 Å². The van der Waals surface area contributed by atoms with E-state index < -0.39 is 64.0 Å². The maximum absolute atomic E-state index is 12.6. The van der Waals surface area contributed by atoms with Crippen LogP contribution in [0.2, 0.25) is 0 Å². The summed E-state index contributed by atoms with van der Waals surface area (Å²) >= 11 is 0. The molecule has 0 aliphatic carbocycles. The number of carbonyl (C=O) groups excluding carboxylic acids is 2. The van der Waals surface area contributed by atoms with E-state index in [-0.39, 0.29) is 19.4 Å². The summed E-state index contributed by atoms with van der Waals surface area (Å²) in [6, 6.07) is 0. The molecule has 0 aromatic heterocycles. The zero-order valence-corrected chi connectivity index (χ0v) is 41.5. The molecule has 0 aromatic rings. The molecule has 0 radical (unpaired) electrons. The van der Waals surface area contributed by atoms with Crippen LogP contribution in [0, 0.1) is 5.92 Å². The zero-order valence-electron chi connectivity index (χ0n) is 40.6. The largest absolute Gasteiger partial charge is 0.472 e. The van der Waals surface area contributed by atoms with Crippen LogP contribution in [0.4, 0.5) is 0 Å². The lowest BCUT2D eigenvalue weighted by Gasteiger charge is -2.20. The molecule has 1 unspecified atom stereocenters. The summed E-state index contributed by atoms with van der Waals surface area (Å²) in [5, 5.41) is 38.4. The Morgan fingerprint density at radius 1 is 0.569 bits per heavy atom. The van der Waals surface area contributed by atoms with E-state index in [1.165, 1.54) is 96.3 Å². The molecule has 0 spiro atoms. The first-order chi connectivity index (χ1) is 31.4. The van der Waals surface area contributed by atoms with Gasteiger partial charge in [0, 0.05) is 12.8 Å². The summed E-state index contributed by atoms with van der Waals surface area (Å²) in [5.74, 6) is -0.256. The minimum Gasteiger partial charge on any atom is -0.462 e. The second-order valence-electron chi connectivity index (χ2n) is 17.3. The average Bonchev–Trinajstić information content (AvgIpc) is 3.27. The summed E-state index contributed by atoms with van der Waals surface area (Å²) in [5.41, 5.74) is 0. The number of carbonyl (C=O) groups is 2. The van der Waals surface area contributed by atoms with Crippen molar-refractivity contribution in [2.24, 2.45) is 5.92 Å². The van der Waals surface area contributed by atoms with Gasteiger partial charge < -0.3 is 34.8 Å². The molecule has 0 amide bonds. The van der Waals surface area contributed by atoms with Gasteiger partial charge in [0.2, 0.25) is 0 Å². The molecular weight excluding hydrogens is 848 g/mol. The minimum atomic E-state index is -4.67. The predicted molar refractivity (Wildman–Crippen MR) is 263 cm³/mol. The van der Waals surface area contributed by atoms with Gasteiger partial charge in [-0.25, -0.2) is 4.57 Å². The highest BCUT2D eigenvalue weighted by molar-refractivity contribution is 7.47. The average molecular weight is 939 g/mol. The smallest absolute Gasteiger partial charge is 0.462 e. The third kappa shape index (κ3) is 46.2. The lowest BCUT2D eigenvalue weighted by atomic mass is 10.0. The Kier molecular flexibility index (Phi) is 43.3. The van der Waals surface area contributed by atoms with Gasteiger partial charge in [-0.1, -0.05) is 209 Å². The molecule has 0 bridgehead atoms. The van der Waals surface area contributed by atoms with Gasteiger partial charge in [-0.05, 0) is 44.4 Å². The van der Waals surface area contributed by atoms with Crippen LogP contribution in [-0.2, 0) is 32.7 Å². The highest BCUT2D eigenvalue weighted by Crippen LogP contribution is 2.43. The van der Waals surface area contributed by atoms with Crippen LogP contribution in [0.25, 0.3) is 0 Å². The molecule has 0 rings (SSSR count). The first kappa shape index (κ1) is 62.3. The fourth-order valence-corrected chi connectivity index (χ4v) is 7.40. The number of aliphatic hydroxyl groups excluding tert-OH is 4. The number of hydrogen-bond donors (Lipinski definition) is 5. The van der Waals surface area contributed by atoms with Crippen LogP contribution in [0.5, 0.6) is 0 Å².